The molecule has 1 aliphatic heterocycles. The first-order valence-electron chi connectivity index (χ1n) is 8.58. The number of amides is 2. The van der Waals surface area contributed by atoms with Gasteiger partial charge < -0.3 is 10.2 Å². The number of para-hydroxylation sites is 1. The minimum absolute atomic E-state index is 0.0527. The number of hydrogen-bond donors (Lipinski definition) is 1. The predicted octanol–water partition coefficient (Wildman–Crippen LogP) is 3.63. The molecule has 0 aliphatic carbocycles. The van der Waals surface area contributed by atoms with Crippen LogP contribution in [-0.4, -0.2) is 28.1 Å². The van der Waals surface area contributed by atoms with Gasteiger partial charge in [-0.25, -0.2) is 4.68 Å². The van der Waals surface area contributed by atoms with Crippen LogP contribution in [0, 0.1) is 5.92 Å². The van der Waals surface area contributed by atoms with Crippen LogP contribution < -0.4 is 10.2 Å². The number of halogens is 1. The molecule has 2 aromatic carbocycles. The van der Waals surface area contributed by atoms with E-state index in [1.54, 1.807) is 21.8 Å². The summed E-state index contributed by atoms with van der Waals surface area (Å²) in [6.45, 7) is 0.362. The number of anilines is 2. The zero-order valence-electron chi connectivity index (χ0n) is 14.4. The Bertz CT molecular complexity index is 986. The van der Waals surface area contributed by atoms with Crippen molar-refractivity contribution in [1.29, 1.82) is 0 Å². The summed E-state index contributed by atoms with van der Waals surface area (Å²) in [5, 5.41) is 7.20. The fraction of sp³-hybridized carbons (Fsp3) is 0.150. The minimum atomic E-state index is -0.404. The van der Waals surface area contributed by atoms with Gasteiger partial charge in [-0.15, -0.1) is 0 Å². The highest BCUT2D eigenvalue weighted by Crippen LogP contribution is 2.28. The topological polar surface area (TPSA) is 67.2 Å². The average Bonchev–Trinajstić information content (AvgIpc) is 3.29. The van der Waals surface area contributed by atoms with E-state index in [2.05, 4.69) is 26.3 Å². The Balaban J connectivity index is 1.44. The molecule has 0 bridgehead atoms. The Kier molecular flexibility index (Phi) is 4.77. The fourth-order valence-electron chi connectivity index (χ4n) is 3.12. The van der Waals surface area contributed by atoms with Crippen molar-refractivity contribution in [1.82, 2.24) is 9.78 Å². The van der Waals surface area contributed by atoms with E-state index in [1.807, 2.05) is 54.6 Å². The fourth-order valence-corrected chi connectivity index (χ4v) is 3.51. The second-order valence-corrected chi connectivity index (χ2v) is 7.27. The maximum absolute atomic E-state index is 12.6. The van der Waals surface area contributed by atoms with Crippen molar-refractivity contribution in [2.45, 2.75) is 6.42 Å². The number of benzene rings is 2. The van der Waals surface area contributed by atoms with E-state index in [9.17, 15) is 9.59 Å². The molecule has 3 aromatic rings. The van der Waals surface area contributed by atoms with E-state index in [-0.39, 0.29) is 18.2 Å². The summed E-state index contributed by atoms with van der Waals surface area (Å²) in [5.74, 6) is -0.183. The molecular formula is C20H17BrN4O2. The van der Waals surface area contributed by atoms with Gasteiger partial charge in [0.1, 0.15) is 0 Å². The quantitative estimate of drug-likeness (QED) is 0.695. The number of carbonyl (C=O) groups excluding carboxylic acids is 2. The van der Waals surface area contributed by atoms with E-state index in [0.29, 0.717) is 12.4 Å². The van der Waals surface area contributed by atoms with Gasteiger partial charge in [-0.1, -0.05) is 40.2 Å². The predicted molar refractivity (Wildman–Crippen MR) is 107 cm³/mol. The second kappa shape index (κ2) is 7.36. The van der Waals surface area contributed by atoms with Crippen LogP contribution in [-0.2, 0) is 9.59 Å². The summed E-state index contributed by atoms with van der Waals surface area (Å²) in [6, 6.07) is 18.9. The van der Waals surface area contributed by atoms with Crippen LogP contribution in [0.1, 0.15) is 6.42 Å². The van der Waals surface area contributed by atoms with Crippen molar-refractivity contribution in [3.05, 3.63) is 71.3 Å². The molecule has 7 heteroatoms. The average molecular weight is 425 g/mol. The van der Waals surface area contributed by atoms with E-state index in [1.165, 1.54) is 0 Å². The van der Waals surface area contributed by atoms with Gasteiger partial charge in [-0.3, -0.25) is 9.59 Å². The van der Waals surface area contributed by atoms with E-state index in [0.717, 1.165) is 15.8 Å². The molecule has 4 rings (SSSR count). The lowest BCUT2D eigenvalue weighted by atomic mass is 10.1. The number of nitrogens with zero attached hydrogens (tertiary/aromatic N) is 3. The van der Waals surface area contributed by atoms with Crippen LogP contribution in [0.3, 0.4) is 0 Å². The van der Waals surface area contributed by atoms with Crippen LogP contribution in [0.4, 0.5) is 11.5 Å². The molecule has 1 unspecified atom stereocenters. The Hall–Kier alpha value is -2.93. The lowest BCUT2D eigenvalue weighted by Crippen LogP contribution is -2.28. The van der Waals surface area contributed by atoms with Gasteiger partial charge >= 0.3 is 0 Å². The molecule has 0 saturated carbocycles. The first kappa shape index (κ1) is 17.5. The summed E-state index contributed by atoms with van der Waals surface area (Å²) in [6.07, 6.45) is 1.98. The highest BCUT2D eigenvalue weighted by atomic mass is 79.9. The summed E-state index contributed by atoms with van der Waals surface area (Å²) < 4.78 is 2.59. The van der Waals surface area contributed by atoms with Gasteiger partial charge in [-0.05, 0) is 30.3 Å². The van der Waals surface area contributed by atoms with Crippen LogP contribution in [0.2, 0.25) is 0 Å². The number of hydrogen-bond acceptors (Lipinski definition) is 3. The maximum atomic E-state index is 12.6. The van der Waals surface area contributed by atoms with Gasteiger partial charge in [0.15, 0.2) is 5.82 Å². The van der Waals surface area contributed by atoms with E-state index in [4.69, 9.17) is 0 Å². The van der Waals surface area contributed by atoms with Crippen LogP contribution >= 0.6 is 15.9 Å². The molecule has 1 fully saturated rings. The highest BCUT2D eigenvalue weighted by molar-refractivity contribution is 9.10. The molecule has 1 saturated heterocycles. The van der Waals surface area contributed by atoms with Crippen molar-refractivity contribution in [2.75, 3.05) is 16.8 Å². The van der Waals surface area contributed by atoms with Crippen molar-refractivity contribution in [3.8, 4) is 5.69 Å². The van der Waals surface area contributed by atoms with Crippen molar-refractivity contribution in [2.24, 2.45) is 5.92 Å². The molecule has 2 amide bonds. The summed E-state index contributed by atoms with van der Waals surface area (Å²) in [4.78, 5) is 26.6. The first-order valence-corrected chi connectivity index (χ1v) is 9.37. The van der Waals surface area contributed by atoms with Crippen molar-refractivity contribution >= 4 is 39.2 Å². The van der Waals surface area contributed by atoms with Crippen LogP contribution in [0.5, 0.6) is 0 Å². The van der Waals surface area contributed by atoms with Crippen molar-refractivity contribution < 1.29 is 9.59 Å². The lowest BCUT2D eigenvalue weighted by Gasteiger charge is -2.16. The normalized spacial score (nSPS) is 16.6. The third kappa shape index (κ3) is 3.78. The molecule has 2 heterocycles. The Morgan fingerprint density at radius 2 is 1.85 bits per heavy atom. The molecule has 0 radical (unpaired) electrons. The van der Waals surface area contributed by atoms with Crippen LogP contribution in [0.25, 0.3) is 5.69 Å². The molecule has 27 heavy (non-hydrogen) atoms. The number of aromatic nitrogens is 2. The van der Waals surface area contributed by atoms with Gasteiger partial charge in [-0.2, -0.15) is 5.10 Å². The van der Waals surface area contributed by atoms with Gasteiger partial charge in [0.25, 0.3) is 0 Å². The molecule has 1 aromatic heterocycles. The van der Waals surface area contributed by atoms with Crippen molar-refractivity contribution in [3.63, 3.8) is 0 Å². The largest absolute Gasteiger partial charge is 0.312 e. The maximum Gasteiger partial charge on any atom is 0.231 e. The van der Waals surface area contributed by atoms with Gasteiger partial charge in [0, 0.05) is 35.4 Å². The summed E-state index contributed by atoms with van der Waals surface area (Å²) in [7, 11) is 0. The lowest BCUT2D eigenvalue weighted by molar-refractivity contribution is -0.122. The van der Waals surface area contributed by atoms with Crippen LogP contribution in [0.15, 0.2) is 71.3 Å². The Morgan fingerprint density at radius 3 is 2.63 bits per heavy atom. The number of carbonyl (C=O) groups is 2. The molecule has 1 N–H and O–H groups in total. The molecule has 6 nitrogen and oxygen atoms in total. The monoisotopic (exact) mass is 424 g/mol. The molecule has 1 aliphatic rings. The third-order valence-corrected chi connectivity index (χ3v) is 4.97. The molecule has 1 atom stereocenters. The zero-order chi connectivity index (χ0) is 18.8. The molecular weight excluding hydrogens is 408 g/mol. The highest BCUT2D eigenvalue weighted by Gasteiger charge is 2.35. The molecule has 136 valence electrons. The van der Waals surface area contributed by atoms with E-state index >= 15 is 0 Å². The number of rotatable bonds is 4. The standard InChI is InChI=1S/C20H17BrN4O2/c21-15-5-4-8-17(12-15)24-13-14(11-19(24)26)20(27)22-18-9-10-25(23-18)16-6-2-1-3-7-16/h1-10,12,14H,11,13H2,(H,22,23,27). The summed E-state index contributed by atoms with van der Waals surface area (Å²) in [5.41, 5.74) is 1.70. The van der Waals surface area contributed by atoms with Gasteiger partial charge in [0.2, 0.25) is 11.8 Å². The Labute approximate surface area is 164 Å². The SMILES string of the molecule is O=C(Nc1ccn(-c2ccccc2)n1)C1CC(=O)N(c2cccc(Br)c2)C1. The zero-order valence-corrected chi connectivity index (χ0v) is 16.0. The minimum Gasteiger partial charge on any atom is -0.312 e. The first-order chi connectivity index (χ1) is 13.1. The summed E-state index contributed by atoms with van der Waals surface area (Å²) >= 11 is 3.41. The third-order valence-electron chi connectivity index (χ3n) is 4.48. The second-order valence-electron chi connectivity index (χ2n) is 6.36. The van der Waals surface area contributed by atoms with E-state index < -0.39 is 5.92 Å². The Morgan fingerprint density at radius 1 is 1.07 bits per heavy atom. The molecule has 0 spiro atoms. The number of nitrogens with one attached hydrogen (secondary N) is 1. The smallest absolute Gasteiger partial charge is 0.231 e. The van der Waals surface area contributed by atoms with Gasteiger partial charge in [0.05, 0.1) is 11.6 Å².